The lowest BCUT2D eigenvalue weighted by atomic mass is 10.2. The molecule has 3 heteroatoms. The Hall–Kier alpha value is -0.830. The van der Waals surface area contributed by atoms with Crippen molar-refractivity contribution < 1.29 is 4.79 Å². The molecule has 1 aliphatic rings. The molecule has 0 saturated carbocycles. The lowest BCUT2D eigenvalue weighted by Gasteiger charge is -2.20. The van der Waals surface area contributed by atoms with Gasteiger partial charge in [-0.2, -0.15) is 0 Å². The van der Waals surface area contributed by atoms with Gasteiger partial charge in [0.25, 0.3) is 0 Å². The van der Waals surface area contributed by atoms with Crippen LogP contribution in [0.1, 0.15) is 19.3 Å². The molecular weight excluding hydrogens is 152 g/mol. The summed E-state index contributed by atoms with van der Waals surface area (Å²) in [5, 5.41) is 0. The average molecular weight is 168 g/mol. The molecule has 1 atom stereocenters. The Morgan fingerprint density at radius 1 is 1.75 bits per heavy atom. The van der Waals surface area contributed by atoms with Gasteiger partial charge in [-0.1, -0.05) is 6.08 Å². The second-order valence-corrected chi connectivity index (χ2v) is 3.17. The second kappa shape index (κ2) is 4.26. The smallest absolute Gasteiger partial charge is 0.234 e. The first kappa shape index (κ1) is 9.26. The van der Waals surface area contributed by atoms with Crippen molar-refractivity contribution in [3.05, 3.63) is 12.7 Å². The third-order valence-electron chi connectivity index (χ3n) is 2.31. The molecule has 0 aliphatic carbocycles. The zero-order valence-corrected chi connectivity index (χ0v) is 7.33. The normalized spacial score (nSPS) is 24.2. The van der Waals surface area contributed by atoms with E-state index in [1.165, 1.54) is 0 Å². The predicted octanol–water partition coefficient (Wildman–Crippen LogP) is 0.512. The summed E-state index contributed by atoms with van der Waals surface area (Å²) in [5.74, 6) is -0.184. The molecule has 1 aliphatic heterocycles. The largest absolute Gasteiger partial charge is 0.368 e. The molecule has 1 fully saturated rings. The van der Waals surface area contributed by atoms with Crippen LogP contribution < -0.4 is 5.73 Å². The molecule has 2 N–H and O–H groups in total. The molecule has 0 spiro atoms. The topological polar surface area (TPSA) is 46.3 Å². The monoisotopic (exact) mass is 168 g/mol. The molecule has 0 aromatic heterocycles. The highest BCUT2D eigenvalue weighted by atomic mass is 16.1. The Bertz CT molecular complexity index is 179. The maximum Gasteiger partial charge on any atom is 0.234 e. The van der Waals surface area contributed by atoms with E-state index in [0.29, 0.717) is 0 Å². The Labute approximate surface area is 73.2 Å². The maximum atomic E-state index is 10.9. The van der Waals surface area contributed by atoms with Crippen LogP contribution in [-0.2, 0) is 4.79 Å². The number of hydrogen-bond acceptors (Lipinski definition) is 2. The molecule has 0 aromatic rings. The number of amides is 1. The van der Waals surface area contributed by atoms with Gasteiger partial charge in [0.15, 0.2) is 0 Å². The van der Waals surface area contributed by atoms with Gasteiger partial charge in [0, 0.05) is 6.54 Å². The van der Waals surface area contributed by atoms with Gasteiger partial charge in [-0.3, -0.25) is 9.69 Å². The molecule has 0 unspecified atom stereocenters. The van der Waals surface area contributed by atoms with Gasteiger partial charge in [-0.05, 0) is 25.8 Å². The summed E-state index contributed by atoms with van der Waals surface area (Å²) >= 11 is 0. The van der Waals surface area contributed by atoms with Crippen molar-refractivity contribution in [2.75, 3.05) is 13.1 Å². The minimum Gasteiger partial charge on any atom is -0.368 e. The summed E-state index contributed by atoms with van der Waals surface area (Å²) in [6.45, 7) is 5.56. The van der Waals surface area contributed by atoms with E-state index < -0.39 is 0 Å². The number of nitrogens with two attached hydrogens (primary N) is 1. The molecule has 0 radical (unpaired) electrons. The Balaban J connectivity index is 2.40. The first-order valence-electron chi connectivity index (χ1n) is 4.40. The number of nitrogens with zero attached hydrogens (tertiary/aromatic N) is 1. The first-order valence-corrected chi connectivity index (χ1v) is 4.40. The zero-order valence-electron chi connectivity index (χ0n) is 7.33. The summed E-state index contributed by atoms with van der Waals surface area (Å²) in [7, 11) is 0. The van der Waals surface area contributed by atoms with E-state index in [9.17, 15) is 4.79 Å². The molecule has 1 heterocycles. The van der Waals surface area contributed by atoms with Crippen molar-refractivity contribution in [3.8, 4) is 0 Å². The van der Waals surface area contributed by atoms with Crippen molar-refractivity contribution in [1.82, 2.24) is 4.90 Å². The Kier molecular flexibility index (Phi) is 3.29. The van der Waals surface area contributed by atoms with Gasteiger partial charge in [0.1, 0.15) is 0 Å². The van der Waals surface area contributed by atoms with Gasteiger partial charge in [0.05, 0.1) is 6.04 Å². The Morgan fingerprint density at radius 3 is 3.08 bits per heavy atom. The number of carbonyl (C=O) groups excluding carboxylic acids is 1. The number of carbonyl (C=O) groups is 1. The van der Waals surface area contributed by atoms with Crippen molar-refractivity contribution in [1.29, 1.82) is 0 Å². The molecule has 1 amide bonds. The van der Waals surface area contributed by atoms with Crippen LogP contribution in [0.4, 0.5) is 0 Å². The van der Waals surface area contributed by atoms with Crippen molar-refractivity contribution in [2.24, 2.45) is 5.73 Å². The van der Waals surface area contributed by atoms with Gasteiger partial charge in [-0.25, -0.2) is 0 Å². The Morgan fingerprint density at radius 2 is 2.50 bits per heavy atom. The fraction of sp³-hybridized carbons (Fsp3) is 0.667. The molecule has 3 nitrogen and oxygen atoms in total. The van der Waals surface area contributed by atoms with E-state index >= 15 is 0 Å². The van der Waals surface area contributed by atoms with Crippen LogP contribution in [0, 0.1) is 0 Å². The van der Waals surface area contributed by atoms with E-state index in [1.54, 1.807) is 0 Å². The predicted molar refractivity (Wildman–Crippen MR) is 48.6 cm³/mol. The van der Waals surface area contributed by atoms with E-state index in [4.69, 9.17) is 5.73 Å². The van der Waals surface area contributed by atoms with Crippen LogP contribution in [0.15, 0.2) is 12.7 Å². The molecular formula is C9H16N2O. The summed E-state index contributed by atoms with van der Waals surface area (Å²) in [6.07, 6.45) is 4.82. The van der Waals surface area contributed by atoms with Crippen LogP contribution in [0.5, 0.6) is 0 Å². The maximum absolute atomic E-state index is 10.9. The molecule has 12 heavy (non-hydrogen) atoms. The summed E-state index contributed by atoms with van der Waals surface area (Å²) in [4.78, 5) is 13.1. The lowest BCUT2D eigenvalue weighted by molar-refractivity contribution is -0.122. The third kappa shape index (κ3) is 2.08. The molecule has 1 saturated heterocycles. The molecule has 0 aromatic carbocycles. The quantitative estimate of drug-likeness (QED) is 0.622. The van der Waals surface area contributed by atoms with Gasteiger partial charge < -0.3 is 5.73 Å². The summed E-state index contributed by atoms with van der Waals surface area (Å²) in [6, 6.07) is -0.0232. The summed E-state index contributed by atoms with van der Waals surface area (Å²) < 4.78 is 0. The van der Waals surface area contributed by atoms with Gasteiger partial charge >= 0.3 is 0 Å². The zero-order chi connectivity index (χ0) is 8.97. The van der Waals surface area contributed by atoms with Crippen molar-refractivity contribution in [2.45, 2.75) is 25.3 Å². The van der Waals surface area contributed by atoms with Crippen molar-refractivity contribution >= 4 is 5.91 Å². The number of hydrogen-bond donors (Lipinski definition) is 1. The van der Waals surface area contributed by atoms with Gasteiger partial charge in [-0.15, -0.1) is 6.58 Å². The van der Waals surface area contributed by atoms with Crippen molar-refractivity contribution in [3.63, 3.8) is 0 Å². The standard InChI is InChI=1S/C9H16N2O/c1-2-3-6-11-7-4-5-8(11)9(10)12/h2,8H,1,3-7H2,(H2,10,12)/t8-/m0/s1. The summed E-state index contributed by atoms with van der Waals surface area (Å²) in [5.41, 5.74) is 5.25. The van der Waals surface area contributed by atoms with Crippen LogP contribution in [0.25, 0.3) is 0 Å². The highest BCUT2D eigenvalue weighted by Gasteiger charge is 2.27. The first-order chi connectivity index (χ1) is 5.75. The van der Waals surface area contributed by atoms with Gasteiger partial charge in [0.2, 0.25) is 5.91 Å². The van der Waals surface area contributed by atoms with E-state index in [-0.39, 0.29) is 11.9 Å². The number of primary amides is 1. The highest BCUT2D eigenvalue weighted by Crippen LogP contribution is 2.16. The number of rotatable bonds is 4. The average Bonchev–Trinajstić information content (AvgIpc) is 2.48. The van der Waals surface area contributed by atoms with E-state index in [2.05, 4.69) is 11.5 Å². The number of likely N-dealkylation sites (tertiary alicyclic amines) is 1. The lowest BCUT2D eigenvalue weighted by Crippen LogP contribution is -2.40. The fourth-order valence-corrected chi connectivity index (χ4v) is 1.67. The minimum atomic E-state index is -0.184. The second-order valence-electron chi connectivity index (χ2n) is 3.17. The highest BCUT2D eigenvalue weighted by molar-refractivity contribution is 5.80. The van der Waals surface area contributed by atoms with Crippen LogP contribution >= 0.6 is 0 Å². The minimum absolute atomic E-state index is 0.0232. The van der Waals surface area contributed by atoms with Crippen LogP contribution in [0.2, 0.25) is 0 Å². The molecule has 68 valence electrons. The molecule has 1 rings (SSSR count). The van der Waals surface area contributed by atoms with E-state index in [1.807, 2.05) is 6.08 Å². The third-order valence-corrected chi connectivity index (χ3v) is 2.31. The fourth-order valence-electron chi connectivity index (χ4n) is 1.67. The molecule has 0 bridgehead atoms. The van der Waals surface area contributed by atoms with Crippen LogP contribution in [-0.4, -0.2) is 29.9 Å². The SMILES string of the molecule is C=CCCN1CCC[C@H]1C(N)=O. The van der Waals surface area contributed by atoms with Crippen LogP contribution in [0.3, 0.4) is 0 Å². The van der Waals surface area contributed by atoms with E-state index in [0.717, 1.165) is 32.4 Å².